The first-order valence-electron chi connectivity index (χ1n) is 7.52. The highest BCUT2D eigenvalue weighted by molar-refractivity contribution is 7.11. The quantitative estimate of drug-likeness (QED) is 0.851. The molecule has 1 fully saturated rings. The van der Waals surface area contributed by atoms with E-state index in [9.17, 15) is 4.79 Å². The highest BCUT2D eigenvalue weighted by Gasteiger charge is 2.32. The van der Waals surface area contributed by atoms with Crippen molar-refractivity contribution in [2.24, 2.45) is 0 Å². The third-order valence-corrected chi connectivity index (χ3v) is 4.74. The van der Waals surface area contributed by atoms with Gasteiger partial charge in [-0.05, 0) is 37.0 Å². The first-order chi connectivity index (χ1) is 10.6. The Bertz CT molecular complexity index is 649. The number of thiazole rings is 1. The van der Waals surface area contributed by atoms with Crippen molar-refractivity contribution in [2.75, 3.05) is 13.1 Å². The van der Waals surface area contributed by atoms with Gasteiger partial charge >= 0.3 is 0 Å². The van der Waals surface area contributed by atoms with Crippen LogP contribution in [0, 0.1) is 13.8 Å². The predicted octanol–water partition coefficient (Wildman–Crippen LogP) is 2.98. The van der Waals surface area contributed by atoms with Crippen molar-refractivity contribution in [3.63, 3.8) is 0 Å². The standard InChI is InChI=1S/C17H20N2O2S/c1-12-3-4-14(9-13(12)2)5-6-16(20)19-10-15(11-19)21-17-18-7-8-22-17/h3-4,7-9,15H,5-6,10-11H2,1-2H3. The summed E-state index contributed by atoms with van der Waals surface area (Å²) in [6.45, 7) is 5.56. The van der Waals surface area contributed by atoms with Gasteiger partial charge in [0.15, 0.2) is 0 Å². The molecule has 0 aliphatic carbocycles. The number of nitrogens with zero attached hydrogens (tertiary/aromatic N) is 2. The van der Waals surface area contributed by atoms with E-state index in [1.165, 1.54) is 28.0 Å². The first kappa shape index (κ1) is 15.0. The fourth-order valence-electron chi connectivity index (χ4n) is 2.50. The summed E-state index contributed by atoms with van der Waals surface area (Å²) in [5.74, 6) is 0.206. The van der Waals surface area contributed by atoms with Gasteiger partial charge in [-0.2, -0.15) is 0 Å². The highest BCUT2D eigenvalue weighted by Crippen LogP contribution is 2.21. The number of aryl methyl sites for hydroxylation is 3. The third kappa shape index (κ3) is 3.47. The Morgan fingerprint density at radius 1 is 1.36 bits per heavy atom. The van der Waals surface area contributed by atoms with Crippen LogP contribution in [0.2, 0.25) is 0 Å². The molecule has 0 saturated carbocycles. The second-order valence-corrected chi connectivity index (χ2v) is 6.61. The second-order valence-electron chi connectivity index (χ2n) is 5.76. The van der Waals surface area contributed by atoms with Crippen LogP contribution in [0.3, 0.4) is 0 Å². The van der Waals surface area contributed by atoms with E-state index in [2.05, 4.69) is 37.0 Å². The average Bonchev–Trinajstić information content (AvgIpc) is 2.96. The van der Waals surface area contributed by atoms with Crippen LogP contribution < -0.4 is 4.74 Å². The molecule has 22 heavy (non-hydrogen) atoms. The van der Waals surface area contributed by atoms with E-state index < -0.39 is 0 Å². The number of ether oxygens (including phenoxy) is 1. The summed E-state index contributed by atoms with van der Waals surface area (Å²) in [5, 5.41) is 2.58. The van der Waals surface area contributed by atoms with Gasteiger partial charge in [0.25, 0.3) is 5.19 Å². The number of benzene rings is 1. The first-order valence-corrected chi connectivity index (χ1v) is 8.40. The lowest BCUT2D eigenvalue weighted by atomic mass is 10.0. The molecule has 3 rings (SSSR count). The summed E-state index contributed by atoms with van der Waals surface area (Å²) < 4.78 is 5.68. The molecular formula is C17H20N2O2S. The van der Waals surface area contributed by atoms with Crippen molar-refractivity contribution in [3.8, 4) is 5.19 Å². The Labute approximate surface area is 134 Å². The molecule has 0 unspecified atom stereocenters. The van der Waals surface area contributed by atoms with E-state index >= 15 is 0 Å². The van der Waals surface area contributed by atoms with Gasteiger partial charge in [-0.1, -0.05) is 29.5 Å². The van der Waals surface area contributed by atoms with E-state index in [0.717, 1.165) is 6.42 Å². The molecule has 1 aromatic heterocycles. The van der Waals surface area contributed by atoms with Gasteiger partial charge in [-0.3, -0.25) is 4.79 Å². The van der Waals surface area contributed by atoms with Gasteiger partial charge in [0.05, 0.1) is 13.1 Å². The van der Waals surface area contributed by atoms with Crippen molar-refractivity contribution in [1.82, 2.24) is 9.88 Å². The van der Waals surface area contributed by atoms with Crippen LogP contribution in [0.5, 0.6) is 5.19 Å². The number of amides is 1. The van der Waals surface area contributed by atoms with Gasteiger partial charge in [0, 0.05) is 18.0 Å². The zero-order valence-electron chi connectivity index (χ0n) is 12.9. The second kappa shape index (κ2) is 6.48. The molecule has 0 atom stereocenters. The van der Waals surface area contributed by atoms with Gasteiger partial charge in [0.2, 0.25) is 5.91 Å². The molecular weight excluding hydrogens is 296 g/mol. The zero-order valence-corrected chi connectivity index (χ0v) is 13.7. The maximum absolute atomic E-state index is 12.2. The molecule has 0 N–H and O–H groups in total. The molecule has 2 heterocycles. The lowest BCUT2D eigenvalue weighted by Gasteiger charge is -2.38. The number of aromatic nitrogens is 1. The Morgan fingerprint density at radius 2 is 2.18 bits per heavy atom. The van der Waals surface area contributed by atoms with Crippen LogP contribution in [0.4, 0.5) is 0 Å². The van der Waals surface area contributed by atoms with E-state index in [0.29, 0.717) is 24.7 Å². The SMILES string of the molecule is Cc1ccc(CCC(=O)N2CC(Oc3nccs3)C2)cc1C. The number of hydrogen-bond acceptors (Lipinski definition) is 4. The van der Waals surface area contributed by atoms with Crippen LogP contribution >= 0.6 is 11.3 Å². The van der Waals surface area contributed by atoms with Crippen molar-refractivity contribution in [1.29, 1.82) is 0 Å². The molecule has 4 nitrogen and oxygen atoms in total. The molecule has 0 spiro atoms. The molecule has 0 radical (unpaired) electrons. The Hall–Kier alpha value is -1.88. The van der Waals surface area contributed by atoms with Crippen molar-refractivity contribution in [2.45, 2.75) is 32.8 Å². The minimum atomic E-state index is 0.0942. The summed E-state index contributed by atoms with van der Waals surface area (Å²) in [6.07, 6.45) is 3.18. The smallest absolute Gasteiger partial charge is 0.273 e. The van der Waals surface area contributed by atoms with Crippen LogP contribution in [-0.2, 0) is 11.2 Å². The number of carbonyl (C=O) groups is 1. The minimum absolute atomic E-state index is 0.0942. The van der Waals surface area contributed by atoms with Gasteiger partial charge in [-0.25, -0.2) is 4.98 Å². The monoisotopic (exact) mass is 316 g/mol. The molecule has 1 amide bonds. The Kier molecular flexibility index (Phi) is 4.43. The van der Waals surface area contributed by atoms with Gasteiger partial charge < -0.3 is 9.64 Å². The Balaban J connectivity index is 1.43. The zero-order chi connectivity index (χ0) is 15.5. The highest BCUT2D eigenvalue weighted by atomic mass is 32.1. The van der Waals surface area contributed by atoms with Crippen molar-refractivity contribution in [3.05, 3.63) is 46.5 Å². The van der Waals surface area contributed by atoms with E-state index in [4.69, 9.17) is 4.74 Å². The van der Waals surface area contributed by atoms with E-state index in [-0.39, 0.29) is 12.0 Å². The molecule has 2 aromatic rings. The lowest BCUT2D eigenvalue weighted by Crippen LogP contribution is -2.56. The van der Waals surface area contributed by atoms with Gasteiger partial charge in [0.1, 0.15) is 6.10 Å². The molecule has 5 heteroatoms. The number of hydrogen-bond donors (Lipinski definition) is 0. The summed E-state index contributed by atoms with van der Waals surface area (Å²) in [6, 6.07) is 6.41. The molecule has 1 aliphatic rings. The fourth-order valence-corrected chi connectivity index (χ4v) is 3.05. The van der Waals surface area contributed by atoms with Crippen molar-refractivity contribution < 1.29 is 9.53 Å². The molecule has 1 aromatic carbocycles. The summed E-state index contributed by atoms with van der Waals surface area (Å²) >= 11 is 1.48. The average molecular weight is 316 g/mol. The Morgan fingerprint density at radius 3 is 2.86 bits per heavy atom. The minimum Gasteiger partial charge on any atom is -0.463 e. The van der Waals surface area contributed by atoms with Crippen LogP contribution in [-0.4, -0.2) is 35.0 Å². The van der Waals surface area contributed by atoms with Crippen molar-refractivity contribution >= 4 is 17.2 Å². The maximum atomic E-state index is 12.2. The normalized spacial score (nSPS) is 14.7. The lowest BCUT2D eigenvalue weighted by molar-refractivity contribution is -0.139. The summed E-state index contributed by atoms with van der Waals surface area (Å²) in [5.41, 5.74) is 3.80. The predicted molar refractivity (Wildman–Crippen MR) is 87.3 cm³/mol. The van der Waals surface area contributed by atoms with Crippen LogP contribution in [0.25, 0.3) is 0 Å². The summed E-state index contributed by atoms with van der Waals surface area (Å²) in [7, 11) is 0. The molecule has 116 valence electrons. The topological polar surface area (TPSA) is 42.4 Å². The fraction of sp³-hybridized carbons (Fsp3) is 0.412. The molecule has 0 bridgehead atoms. The van der Waals surface area contributed by atoms with Crippen LogP contribution in [0.1, 0.15) is 23.1 Å². The van der Waals surface area contributed by atoms with E-state index in [1.54, 1.807) is 6.20 Å². The number of rotatable bonds is 5. The molecule has 1 saturated heterocycles. The van der Waals surface area contributed by atoms with Crippen LogP contribution in [0.15, 0.2) is 29.8 Å². The summed E-state index contributed by atoms with van der Waals surface area (Å²) in [4.78, 5) is 18.1. The number of likely N-dealkylation sites (tertiary alicyclic amines) is 1. The third-order valence-electron chi connectivity index (χ3n) is 4.08. The van der Waals surface area contributed by atoms with E-state index in [1.807, 2.05) is 10.3 Å². The molecule has 1 aliphatic heterocycles. The van der Waals surface area contributed by atoms with Gasteiger partial charge in [-0.15, -0.1) is 0 Å². The maximum Gasteiger partial charge on any atom is 0.273 e. The largest absolute Gasteiger partial charge is 0.463 e. The number of carbonyl (C=O) groups excluding carboxylic acids is 1.